The molecule has 0 aliphatic heterocycles. The molecule has 2 N–H and O–H groups in total. The van der Waals surface area contributed by atoms with Gasteiger partial charge in [0.25, 0.3) is 0 Å². The summed E-state index contributed by atoms with van der Waals surface area (Å²) in [5.41, 5.74) is 1.36. The molecule has 19 heavy (non-hydrogen) atoms. The Morgan fingerprint density at radius 1 is 1.16 bits per heavy atom. The standard InChI is InChI=1S/C16H21NOS/c18-15-8-3-1-2-7-14(15)17-10-12-11-19-16-9-5-4-6-13(12)16/h4-6,9,11,14-15,17-18H,1-3,7-8,10H2. The van der Waals surface area contributed by atoms with E-state index < -0.39 is 0 Å². The highest BCUT2D eigenvalue weighted by molar-refractivity contribution is 7.17. The van der Waals surface area contributed by atoms with Crippen LogP contribution in [0.2, 0.25) is 0 Å². The Kier molecular flexibility index (Phi) is 4.16. The van der Waals surface area contributed by atoms with Crippen molar-refractivity contribution in [2.45, 2.75) is 50.8 Å². The zero-order valence-corrected chi connectivity index (χ0v) is 12.0. The molecule has 1 aromatic heterocycles. The summed E-state index contributed by atoms with van der Waals surface area (Å²) in [4.78, 5) is 0. The number of benzene rings is 1. The molecule has 3 heteroatoms. The summed E-state index contributed by atoms with van der Waals surface area (Å²) in [6.07, 6.45) is 5.54. The van der Waals surface area contributed by atoms with Gasteiger partial charge >= 0.3 is 0 Å². The van der Waals surface area contributed by atoms with Crippen LogP contribution >= 0.6 is 11.3 Å². The Bertz CT molecular complexity index is 536. The maximum absolute atomic E-state index is 10.1. The van der Waals surface area contributed by atoms with Crippen molar-refractivity contribution in [3.8, 4) is 0 Å². The topological polar surface area (TPSA) is 32.3 Å². The molecule has 0 bridgehead atoms. The summed E-state index contributed by atoms with van der Waals surface area (Å²) in [5.74, 6) is 0. The molecular formula is C16H21NOS. The highest BCUT2D eigenvalue weighted by Crippen LogP contribution is 2.26. The van der Waals surface area contributed by atoms with Crippen LogP contribution in [0.3, 0.4) is 0 Å². The van der Waals surface area contributed by atoms with Crippen LogP contribution in [0.1, 0.15) is 37.7 Å². The molecule has 1 aliphatic carbocycles. The van der Waals surface area contributed by atoms with E-state index in [0.717, 1.165) is 19.4 Å². The fraction of sp³-hybridized carbons (Fsp3) is 0.500. The minimum absolute atomic E-state index is 0.174. The quantitative estimate of drug-likeness (QED) is 0.837. The maximum atomic E-state index is 10.1. The van der Waals surface area contributed by atoms with Crippen LogP contribution in [-0.4, -0.2) is 17.3 Å². The Balaban J connectivity index is 1.68. The number of rotatable bonds is 3. The lowest BCUT2D eigenvalue weighted by atomic mass is 10.1. The monoisotopic (exact) mass is 275 g/mol. The number of aliphatic hydroxyl groups excluding tert-OH is 1. The van der Waals surface area contributed by atoms with Crippen molar-refractivity contribution in [2.24, 2.45) is 0 Å². The smallest absolute Gasteiger partial charge is 0.0693 e. The fourth-order valence-electron chi connectivity index (χ4n) is 2.94. The molecule has 2 unspecified atom stereocenters. The van der Waals surface area contributed by atoms with Gasteiger partial charge in [-0.05, 0) is 35.2 Å². The Morgan fingerprint density at radius 3 is 2.95 bits per heavy atom. The van der Waals surface area contributed by atoms with Gasteiger partial charge < -0.3 is 10.4 Å². The van der Waals surface area contributed by atoms with Crippen LogP contribution in [0, 0.1) is 0 Å². The average molecular weight is 275 g/mol. The van der Waals surface area contributed by atoms with Gasteiger partial charge in [-0.1, -0.05) is 37.5 Å². The highest BCUT2D eigenvalue weighted by Gasteiger charge is 2.21. The zero-order chi connectivity index (χ0) is 13.1. The predicted octanol–water partition coefficient (Wildman–Crippen LogP) is 3.68. The molecule has 1 aliphatic rings. The molecule has 1 aromatic carbocycles. The largest absolute Gasteiger partial charge is 0.392 e. The van der Waals surface area contributed by atoms with Crippen molar-refractivity contribution < 1.29 is 5.11 Å². The van der Waals surface area contributed by atoms with Crippen LogP contribution in [-0.2, 0) is 6.54 Å². The minimum Gasteiger partial charge on any atom is -0.392 e. The number of nitrogens with one attached hydrogen (secondary N) is 1. The first-order chi connectivity index (χ1) is 9.34. The molecule has 102 valence electrons. The van der Waals surface area contributed by atoms with Crippen molar-refractivity contribution >= 4 is 21.4 Å². The number of aliphatic hydroxyl groups is 1. The van der Waals surface area contributed by atoms with E-state index in [-0.39, 0.29) is 12.1 Å². The lowest BCUT2D eigenvalue weighted by Crippen LogP contribution is -2.38. The fourth-order valence-corrected chi connectivity index (χ4v) is 3.90. The van der Waals surface area contributed by atoms with Crippen LogP contribution in [0.15, 0.2) is 29.6 Å². The van der Waals surface area contributed by atoms with E-state index in [0.29, 0.717) is 0 Å². The lowest BCUT2D eigenvalue weighted by Gasteiger charge is -2.21. The number of hydrogen-bond donors (Lipinski definition) is 2. The third-order valence-corrected chi connectivity index (χ3v) is 5.11. The van der Waals surface area contributed by atoms with E-state index >= 15 is 0 Å². The summed E-state index contributed by atoms with van der Waals surface area (Å²) >= 11 is 1.80. The van der Waals surface area contributed by atoms with Crippen LogP contribution in [0.5, 0.6) is 0 Å². The second-order valence-corrected chi connectivity index (χ2v) is 6.36. The van der Waals surface area contributed by atoms with E-state index in [9.17, 15) is 5.11 Å². The first-order valence-electron chi connectivity index (χ1n) is 7.21. The third kappa shape index (κ3) is 2.99. The van der Waals surface area contributed by atoms with Gasteiger partial charge in [-0.3, -0.25) is 0 Å². The molecular weight excluding hydrogens is 254 g/mol. The minimum atomic E-state index is -0.174. The van der Waals surface area contributed by atoms with Crippen molar-refractivity contribution in [1.82, 2.24) is 5.32 Å². The van der Waals surface area contributed by atoms with Crippen molar-refractivity contribution in [3.05, 3.63) is 35.2 Å². The molecule has 2 nitrogen and oxygen atoms in total. The number of fused-ring (bicyclic) bond motifs is 1. The average Bonchev–Trinajstić information content (AvgIpc) is 2.73. The van der Waals surface area contributed by atoms with E-state index in [2.05, 4.69) is 35.0 Å². The summed E-state index contributed by atoms with van der Waals surface area (Å²) < 4.78 is 1.35. The highest BCUT2D eigenvalue weighted by atomic mass is 32.1. The molecule has 1 heterocycles. The zero-order valence-electron chi connectivity index (χ0n) is 11.1. The predicted molar refractivity (Wildman–Crippen MR) is 81.5 cm³/mol. The van der Waals surface area contributed by atoms with Crippen LogP contribution in [0.25, 0.3) is 10.1 Å². The molecule has 2 aromatic rings. The van der Waals surface area contributed by atoms with E-state index in [1.807, 2.05) is 0 Å². The van der Waals surface area contributed by atoms with Gasteiger partial charge in [0.1, 0.15) is 0 Å². The van der Waals surface area contributed by atoms with Gasteiger partial charge in [-0.15, -0.1) is 11.3 Å². The molecule has 0 radical (unpaired) electrons. The van der Waals surface area contributed by atoms with Gasteiger partial charge in [0.2, 0.25) is 0 Å². The summed E-state index contributed by atoms with van der Waals surface area (Å²) in [5, 5.41) is 17.3. The molecule has 0 spiro atoms. The summed E-state index contributed by atoms with van der Waals surface area (Å²) in [6, 6.07) is 8.81. The van der Waals surface area contributed by atoms with E-state index in [4.69, 9.17) is 0 Å². The molecule has 0 amide bonds. The second kappa shape index (κ2) is 6.04. The first kappa shape index (κ1) is 13.1. The lowest BCUT2D eigenvalue weighted by molar-refractivity contribution is 0.119. The third-order valence-electron chi connectivity index (χ3n) is 4.10. The number of hydrogen-bond acceptors (Lipinski definition) is 3. The van der Waals surface area contributed by atoms with E-state index in [1.165, 1.54) is 34.9 Å². The van der Waals surface area contributed by atoms with Crippen LogP contribution in [0.4, 0.5) is 0 Å². The first-order valence-corrected chi connectivity index (χ1v) is 8.09. The SMILES string of the molecule is OC1CCCCCC1NCc1csc2ccccc12. The van der Waals surface area contributed by atoms with Gasteiger partial charge in [-0.25, -0.2) is 0 Å². The Hall–Kier alpha value is -0.900. The molecule has 2 atom stereocenters. The molecule has 0 saturated heterocycles. The Morgan fingerprint density at radius 2 is 2.00 bits per heavy atom. The van der Waals surface area contributed by atoms with Gasteiger partial charge in [-0.2, -0.15) is 0 Å². The van der Waals surface area contributed by atoms with Gasteiger partial charge in [0.05, 0.1) is 6.10 Å². The van der Waals surface area contributed by atoms with Gasteiger partial charge in [0.15, 0.2) is 0 Å². The normalized spacial score (nSPS) is 24.5. The van der Waals surface area contributed by atoms with Crippen molar-refractivity contribution in [1.29, 1.82) is 0 Å². The molecule has 1 saturated carbocycles. The van der Waals surface area contributed by atoms with Crippen molar-refractivity contribution in [2.75, 3.05) is 0 Å². The number of thiophene rings is 1. The summed E-state index contributed by atoms with van der Waals surface area (Å²) in [7, 11) is 0. The maximum Gasteiger partial charge on any atom is 0.0693 e. The summed E-state index contributed by atoms with van der Waals surface area (Å²) in [6.45, 7) is 0.867. The molecule has 3 rings (SSSR count). The van der Waals surface area contributed by atoms with E-state index in [1.54, 1.807) is 11.3 Å². The van der Waals surface area contributed by atoms with Crippen molar-refractivity contribution in [3.63, 3.8) is 0 Å². The second-order valence-electron chi connectivity index (χ2n) is 5.45. The van der Waals surface area contributed by atoms with Gasteiger partial charge in [0, 0.05) is 17.3 Å². The Labute approximate surface area is 118 Å². The molecule has 1 fully saturated rings. The van der Waals surface area contributed by atoms with Crippen LogP contribution < -0.4 is 5.32 Å².